The van der Waals surface area contributed by atoms with Gasteiger partial charge in [0, 0.05) is 25.7 Å². The van der Waals surface area contributed by atoms with Crippen LogP contribution in [0.15, 0.2) is 0 Å². The lowest BCUT2D eigenvalue weighted by atomic mass is 10.00. The third-order valence-corrected chi connectivity index (χ3v) is 18.1. The van der Waals surface area contributed by atoms with Crippen molar-refractivity contribution in [1.29, 1.82) is 0 Å². The Hall–Kier alpha value is -1.94. The Morgan fingerprint density at radius 3 is 0.864 bits per heavy atom. The van der Waals surface area contributed by atoms with Crippen LogP contribution in [-0.4, -0.2) is 96.7 Å². The van der Waals surface area contributed by atoms with E-state index in [1.165, 1.54) is 148 Å². The molecule has 0 saturated carbocycles. The highest BCUT2D eigenvalue weighted by Crippen LogP contribution is 2.45. The summed E-state index contributed by atoms with van der Waals surface area (Å²) >= 11 is 0. The zero-order valence-electron chi connectivity index (χ0n) is 57.2. The lowest BCUT2D eigenvalue weighted by Crippen LogP contribution is -2.30. The topological polar surface area (TPSA) is 237 Å². The Kier molecular flexibility index (Phi) is 58.7. The SMILES string of the molecule is CCCCCCCC(=O)OC[C@H](COP(=O)(O)OC[C@H](O)COP(=O)(O)OC[C@@H](COC(=O)CCCCCCCCCCCC(C)C)OC(=O)CCCCCCCCCCCCCCCCCCCCC(C)C)OC(=O)CCCCCCCCC(C)CC. The number of rotatable bonds is 67. The average molecular weight is 1300 g/mol. The summed E-state index contributed by atoms with van der Waals surface area (Å²) in [6.45, 7) is 11.7. The van der Waals surface area contributed by atoms with Crippen molar-refractivity contribution in [2.75, 3.05) is 39.6 Å². The summed E-state index contributed by atoms with van der Waals surface area (Å²) in [6, 6.07) is 0. The van der Waals surface area contributed by atoms with E-state index in [0.717, 1.165) is 114 Å². The Labute approximate surface area is 537 Å². The van der Waals surface area contributed by atoms with Crippen LogP contribution in [0.4, 0.5) is 0 Å². The van der Waals surface area contributed by atoms with E-state index in [-0.39, 0.29) is 25.7 Å². The smallest absolute Gasteiger partial charge is 0.462 e. The summed E-state index contributed by atoms with van der Waals surface area (Å²) in [7, 11) is -9.89. The van der Waals surface area contributed by atoms with Crippen LogP contribution < -0.4 is 0 Å². The van der Waals surface area contributed by atoms with E-state index in [4.69, 9.17) is 37.0 Å². The summed E-state index contributed by atoms with van der Waals surface area (Å²) in [6.07, 6.45) is 43.7. The molecule has 0 bridgehead atoms. The number of hydrogen-bond acceptors (Lipinski definition) is 15. The number of carbonyl (C=O) groups is 4. The molecule has 0 spiro atoms. The van der Waals surface area contributed by atoms with Crippen molar-refractivity contribution in [2.45, 2.75) is 362 Å². The molecule has 0 rings (SSSR count). The molecule has 3 N–H and O–H groups in total. The highest BCUT2D eigenvalue weighted by molar-refractivity contribution is 7.47. The van der Waals surface area contributed by atoms with Gasteiger partial charge in [-0.05, 0) is 43.4 Å². The summed E-state index contributed by atoms with van der Waals surface area (Å²) in [5, 5.41) is 10.5. The number of aliphatic hydroxyl groups excluding tert-OH is 1. The molecule has 6 atom stereocenters. The molecule has 522 valence electrons. The van der Waals surface area contributed by atoms with Crippen molar-refractivity contribution >= 4 is 39.5 Å². The second kappa shape index (κ2) is 60.0. The fraction of sp³-hybridized carbons (Fsp3) is 0.942. The Balaban J connectivity index is 5.11. The van der Waals surface area contributed by atoms with Gasteiger partial charge in [0.25, 0.3) is 0 Å². The molecule has 0 amide bonds. The molecule has 3 unspecified atom stereocenters. The summed E-state index contributed by atoms with van der Waals surface area (Å²) < 4.78 is 68.0. The van der Waals surface area contributed by atoms with E-state index in [1.807, 2.05) is 0 Å². The first-order chi connectivity index (χ1) is 42.3. The minimum Gasteiger partial charge on any atom is -0.462 e. The first-order valence-electron chi connectivity index (χ1n) is 35.9. The molecule has 0 radical (unpaired) electrons. The lowest BCUT2D eigenvalue weighted by molar-refractivity contribution is -0.161. The van der Waals surface area contributed by atoms with Crippen LogP contribution in [0, 0.1) is 17.8 Å². The van der Waals surface area contributed by atoms with Gasteiger partial charge >= 0.3 is 39.5 Å². The predicted octanol–water partition coefficient (Wildman–Crippen LogP) is 19.5. The van der Waals surface area contributed by atoms with Crippen molar-refractivity contribution in [3.05, 3.63) is 0 Å². The van der Waals surface area contributed by atoms with Gasteiger partial charge in [-0.25, -0.2) is 9.13 Å². The van der Waals surface area contributed by atoms with Gasteiger partial charge in [-0.1, -0.05) is 292 Å². The van der Waals surface area contributed by atoms with E-state index in [2.05, 4.69) is 48.5 Å². The summed E-state index contributed by atoms with van der Waals surface area (Å²) in [5.74, 6) is 0.142. The summed E-state index contributed by atoms with van der Waals surface area (Å²) in [4.78, 5) is 72.1. The molecule has 19 heteroatoms. The first-order valence-corrected chi connectivity index (χ1v) is 38.9. The molecule has 17 nitrogen and oxygen atoms in total. The highest BCUT2D eigenvalue weighted by Gasteiger charge is 2.30. The maximum absolute atomic E-state index is 13.0. The Morgan fingerprint density at radius 1 is 0.330 bits per heavy atom. The van der Waals surface area contributed by atoms with Crippen LogP contribution in [0.5, 0.6) is 0 Å². The van der Waals surface area contributed by atoms with Gasteiger partial charge in [-0.2, -0.15) is 0 Å². The molecular weight excluding hydrogens is 1160 g/mol. The van der Waals surface area contributed by atoms with Gasteiger partial charge in [-0.3, -0.25) is 37.3 Å². The fourth-order valence-electron chi connectivity index (χ4n) is 10.3. The zero-order valence-corrected chi connectivity index (χ0v) is 59.0. The number of ether oxygens (including phenoxy) is 4. The maximum Gasteiger partial charge on any atom is 0.472 e. The van der Waals surface area contributed by atoms with Crippen molar-refractivity contribution in [3.8, 4) is 0 Å². The molecule has 0 aromatic heterocycles. The third-order valence-electron chi connectivity index (χ3n) is 16.2. The molecular formula is C69H134O17P2. The molecule has 0 aliphatic rings. The number of phosphoric acid groups is 2. The largest absolute Gasteiger partial charge is 0.472 e. The molecule has 88 heavy (non-hydrogen) atoms. The molecule has 0 aliphatic carbocycles. The number of unbranched alkanes of at least 4 members (excludes halogenated alkanes) is 34. The third kappa shape index (κ3) is 61.6. The zero-order chi connectivity index (χ0) is 65.2. The van der Waals surface area contributed by atoms with Gasteiger partial charge in [-0.15, -0.1) is 0 Å². The van der Waals surface area contributed by atoms with Gasteiger partial charge in [0.05, 0.1) is 26.4 Å². The molecule has 0 aliphatic heterocycles. The maximum atomic E-state index is 13.0. The van der Waals surface area contributed by atoms with Gasteiger partial charge in [0.1, 0.15) is 19.3 Å². The normalized spacial score (nSPS) is 14.5. The van der Waals surface area contributed by atoms with Crippen LogP contribution in [0.25, 0.3) is 0 Å². The minimum absolute atomic E-state index is 0.102. The van der Waals surface area contributed by atoms with Crippen LogP contribution in [0.3, 0.4) is 0 Å². The average Bonchev–Trinajstić information content (AvgIpc) is 3.56. The Morgan fingerprint density at radius 2 is 0.580 bits per heavy atom. The molecule has 0 fully saturated rings. The van der Waals surface area contributed by atoms with Gasteiger partial charge < -0.3 is 33.8 Å². The van der Waals surface area contributed by atoms with E-state index in [1.54, 1.807) is 0 Å². The summed E-state index contributed by atoms with van der Waals surface area (Å²) in [5.41, 5.74) is 0. The van der Waals surface area contributed by atoms with E-state index >= 15 is 0 Å². The quantitative estimate of drug-likeness (QED) is 0.0222. The molecule has 0 saturated heterocycles. The fourth-order valence-corrected chi connectivity index (χ4v) is 11.9. The van der Waals surface area contributed by atoms with Crippen LogP contribution >= 0.6 is 15.6 Å². The predicted molar refractivity (Wildman–Crippen MR) is 354 cm³/mol. The lowest BCUT2D eigenvalue weighted by Gasteiger charge is -2.21. The monoisotopic (exact) mass is 1300 g/mol. The van der Waals surface area contributed by atoms with Crippen molar-refractivity contribution < 1.29 is 80.2 Å². The van der Waals surface area contributed by atoms with Crippen molar-refractivity contribution in [1.82, 2.24) is 0 Å². The van der Waals surface area contributed by atoms with Crippen LogP contribution in [0.2, 0.25) is 0 Å². The van der Waals surface area contributed by atoms with E-state index in [9.17, 15) is 43.2 Å². The highest BCUT2D eigenvalue weighted by atomic mass is 31.2. The minimum atomic E-state index is -4.95. The second-order valence-electron chi connectivity index (χ2n) is 26.1. The molecule has 0 aromatic rings. The van der Waals surface area contributed by atoms with E-state index in [0.29, 0.717) is 25.7 Å². The van der Waals surface area contributed by atoms with Crippen molar-refractivity contribution in [3.63, 3.8) is 0 Å². The van der Waals surface area contributed by atoms with E-state index < -0.39 is 97.5 Å². The van der Waals surface area contributed by atoms with Crippen LogP contribution in [-0.2, 0) is 65.4 Å². The first kappa shape index (κ1) is 86.1. The number of phosphoric ester groups is 2. The Bertz CT molecular complexity index is 1730. The number of aliphatic hydroxyl groups is 1. The standard InChI is InChI=1S/C69H134O17P2/c1-8-10-11-33-43-50-66(71)79-56-64(86-69(74)53-46-39-32-31-36-42-49-62(7)9-2)58-83-87(75,76)81-54-63(70)55-82-88(77,78)84-59-65(57-80-67(72)51-44-37-29-26-22-24-28-35-41-48-61(5)6)85-68(73)52-45-38-30-25-21-19-17-15-13-12-14-16-18-20-23-27-34-40-47-60(3)4/h60-65,70H,8-59H2,1-7H3,(H,75,76)(H,77,78)/t62?,63-,64+,65+/m0/s1. The van der Waals surface area contributed by atoms with Crippen LogP contribution in [0.1, 0.15) is 344 Å². The molecule has 0 aromatic carbocycles. The van der Waals surface area contributed by atoms with Gasteiger partial charge in [0.2, 0.25) is 0 Å². The van der Waals surface area contributed by atoms with Crippen molar-refractivity contribution in [2.24, 2.45) is 17.8 Å². The van der Waals surface area contributed by atoms with Gasteiger partial charge in [0.15, 0.2) is 12.2 Å². The molecule has 0 heterocycles. The number of carbonyl (C=O) groups excluding carboxylic acids is 4. The number of hydrogen-bond donors (Lipinski definition) is 3. The second-order valence-corrected chi connectivity index (χ2v) is 29.0. The number of esters is 4.